The van der Waals surface area contributed by atoms with Crippen molar-refractivity contribution in [1.82, 2.24) is 0 Å². The van der Waals surface area contributed by atoms with Gasteiger partial charge in [0, 0.05) is 0 Å². The quantitative estimate of drug-likeness (QED) is 0.392. The van der Waals surface area contributed by atoms with Crippen LogP contribution in [0.3, 0.4) is 0 Å². The second-order valence-corrected chi connectivity index (χ2v) is 21.5. The summed E-state index contributed by atoms with van der Waals surface area (Å²) in [5, 5.41) is 6.66. The maximum atomic E-state index is 2.48. The third-order valence-corrected chi connectivity index (χ3v) is 27.0. The highest BCUT2D eigenvalue weighted by atomic mass is 29.3. The van der Waals surface area contributed by atoms with E-state index in [0.717, 1.165) is 0 Å². The molecule has 1 heterocycles. The van der Waals surface area contributed by atoms with E-state index in [2.05, 4.69) is 125 Å². The van der Waals surface area contributed by atoms with Crippen LogP contribution in [0.15, 0.2) is 97.1 Å². The molecular formula is C30H32Si2. The standard InChI is InChI=1S/C30H32Si2/c1-23-13-5-9-17-27(23)31(28-18-10-6-14-24(28)2)21-22-32(31,29-19-11-7-15-25(29)3)30-20-12-8-16-26(30)4/h5-20H,21-22H2,1-4H3. The van der Waals surface area contributed by atoms with Crippen LogP contribution in [0.25, 0.3) is 0 Å². The molecular weight excluding hydrogens is 417 g/mol. The van der Waals surface area contributed by atoms with Crippen LogP contribution in [0, 0.1) is 27.7 Å². The van der Waals surface area contributed by atoms with E-state index >= 15 is 0 Å². The molecule has 1 saturated heterocycles. The van der Waals surface area contributed by atoms with E-state index in [4.69, 9.17) is 0 Å². The van der Waals surface area contributed by atoms with Gasteiger partial charge in [-0.05, 0) is 27.7 Å². The summed E-state index contributed by atoms with van der Waals surface area (Å²) in [5.41, 5.74) is 5.89. The molecule has 2 heteroatoms. The first kappa shape index (κ1) is 21.2. The highest BCUT2D eigenvalue weighted by Crippen LogP contribution is 2.42. The zero-order valence-corrected chi connectivity index (χ0v) is 21.7. The molecule has 0 unspecified atom stereocenters. The van der Waals surface area contributed by atoms with E-state index in [1.54, 1.807) is 20.7 Å². The Balaban J connectivity index is 1.96. The van der Waals surface area contributed by atoms with Crippen LogP contribution in [0.4, 0.5) is 0 Å². The van der Waals surface area contributed by atoms with Crippen LogP contribution >= 0.6 is 0 Å². The fourth-order valence-corrected chi connectivity index (χ4v) is 28.5. The Kier molecular flexibility index (Phi) is 5.31. The van der Waals surface area contributed by atoms with Crippen molar-refractivity contribution in [3.05, 3.63) is 119 Å². The van der Waals surface area contributed by atoms with E-state index in [1.807, 2.05) is 0 Å². The van der Waals surface area contributed by atoms with E-state index in [-0.39, 0.29) is 0 Å². The lowest BCUT2D eigenvalue weighted by atomic mass is 10.2. The summed E-state index contributed by atoms with van der Waals surface area (Å²) in [7, 11) is -4.14. The van der Waals surface area contributed by atoms with Crippen LogP contribution < -0.4 is 20.7 Å². The fourth-order valence-electron chi connectivity index (χ4n) is 6.58. The second-order valence-electron chi connectivity index (χ2n) is 9.57. The van der Waals surface area contributed by atoms with Crippen molar-refractivity contribution in [2.45, 2.75) is 39.8 Å². The number of rotatable bonds is 4. The molecule has 0 saturated carbocycles. The van der Waals surface area contributed by atoms with Crippen LogP contribution in [0.1, 0.15) is 22.3 Å². The minimum absolute atomic E-state index is 1.34. The van der Waals surface area contributed by atoms with E-state index in [0.29, 0.717) is 0 Å². The molecule has 5 rings (SSSR count). The van der Waals surface area contributed by atoms with Crippen LogP contribution in [-0.4, -0.2) is 15.2 Å². The van der Waals surface area contributed by atoms with Gasteiger partial charge in [0.25, 0.3) is 0 Å². The summed E-state index contributed by atoms with van der Waals surface area (Å²) < 4.78 is 0. The molecule has 0 nitrogen and oxygen atoms in total. The summed E-state index contributed by atoms with van der Waals surface area (Å²) in [6.07, 6.45) is 0. The topological polar surface area (TPSA) is 0 Å². The summed E-state index contributed by atoms with van der Waals surface area (Å²) >= 11 is 0. The smallest absolute Gasteiger partial charge is 0.0626 e. The largest absolute Gasteiger partial charge is 0.121 e. The van der Waals surface area contributed by atoms with Crippen molar-refractivity contribution in [3.8, 4) is 0 Å². The van der Waals surface area contributed by atoms with Crippen LogP contribution in [-0.2, 0) is 0 Å². The number of benzene rings is 4. The maximum absolute atomic E-state index is 2.48. The molecule has 4 aromatic rings. The van der Waals surface area contributed by atoms with Crippen LogP contribution in [0.5, 0.6) is 0 Å². The van der Waals surface area contributed by atoms with Crippen LogP contribution in [0.2, 0.25) is 12.1 Å². The van der Waals surface area contributed by atoms with E-state index in [9.17, 15) is 0 Å². The Morgan fingerprint density at radius 2 is 0.594 bits per heavy atom. The SMILES string of the molecule is Cc1ccccc1[Si]1(c2ccccc2C)CC[Si]1(c1ccccc1C)c1ccccc1C. The molecule has 0 bridgehead atoms. The molecule has 0 atom stereocenters. The van der Waals surface area contributed by atoms with Gasteiger partial charge in [0.2, 0.25) is 0 Å². The van der Waals surface area contributed by atoms with E-state index < -0.39 is 15.2 Å². The van der Waals surface area contributed by atoms with Gasteiger partial charge in [-0.3, -0.25) is 0 Å². The Morgan fingerprint density at radius 3 is 0.781 bits per heavy atom. The molecule has 0 spiro atoms. The van der Waals surface area contributed by atoms with Gasteiger partial charge in [0.05, 0.1) is 0 Å². The van der Waals surface area contributed by atoms with Crippen molar-refractivity contribution < 1.29 is 0 Å². The number of hydrogen-bond donors (Lipinski definition) is 0. The number of aryl methyl sites for hydroxylation is 4. The number of hydrogen-bond acceptors (Lipinski definition) is 0. The molecule has 160 valence electrons. The molecule has 1 aliphatic heterocycles. The van der Waals surface area contributed by atoms with Crippen molar-refractivity contribution in [1.29, 1.82) is 0 Å². The first-order valence-corrected chi connectivity index (χ1v) is 17.2. The molecule has 1 fully saturated rings. The average molecular weight is 449 g/mol. The van der Waals surface area contributed by atoms with Gasteiger partial charge in [-0.1, -0.05) is 152 Å². The third kappa shape index (κ3) is 2.86. The van der Waals surface area contributed by atoms with Crippen molar-refractivity contribution in [2.24, 2.45) is 0 Å². The fraction of sp³-hybridized carbons (Fsp3) is 0.200. The monoisotopic (exact) mass is 448 g/mol. The zero-order valence-electron chi connectivity index (χ0n) is 19.7. The normalized spacial score (nSPS) is 16.4. The molecule has 0 N–H and O–H groups in total. The highest BCUT2D eigenvalue weighted by Gasteiger charge is 2.67. The predicted molar refractivity (Wildman–Crippen MR) is 144 cm³/mol. The lowest BCUT2D eigenvalue weighted by Gasteiger charge is -2.59. The maximum Gasteiger partial charge on any atom is 0.121 e. The molecule has 32 heavy (non-hydrogen) atoms. The first-order chi connectivity index (χ1) is 15.5. The second kappa shape index (κ2) is 8.02. The zero-order chi connectivity index (χ0) is 22.3. The molecule has 0 radical (unpaired) electrons. The summed E-state index contributed by atoms with van der Waals surface area (Å²) in [6.45, 7) is 9.37. The molecule has 1 aliphatic rings. The predicted octanol–water partition coefficient (Wildman–Crippen LogP) is 4.84. The Bertz CT molecular complexity index is 1100. The minimum Gasteiger partial charge on any atom is -0.0626 e. The molecule has 0 amide bonds. The van der Waals surface area contributed by atoms with Crippen molar-refractivity contribution in [2.75, 3.05) is 0 Å². The third-order valence-electron chi connectivity index (χ3n) is 8.02. The van der Waals surface area contributed by atoms with Gasteiger partial charge < -0.3 is 0 Å². The molecule has 0 aliphatic carbocycles. The Morgan fingerprint density at radius 1 is 0.375 bits per heavy atom. The van der Waals surface area contributed by atoms with Gasteiger partial charge >= 0.3 is 0 Å². The average Bonchev–Trinajstić information content (AvgIpc) is 2.79. The first-order valence-electron chi connectivity index (χ1n) is 11.8. The summed E-state index contributed by atoms with van der Waals surface area (Å²) in [4.78, 5) is 0. The van der Waals surface area contributed by atoms with Gasteiger partial charge in [0.15, 0.2) is 0 Å². The van der Waals surface area contributed by atoms with E-state index in [1.165, 1.54) is 34.3 Å². The Hall–Kier alpha value is -2.69. The molecule has 0 aromatic heterocycles. The van der Waals surface area contributed by atoms with Gasteiger partial charge in [-0.2, -0.15) is 0 Å². The Labute approximate surface area is 194 Å². The van der Waals surface area contributed by atoms with Crippen molar-refractivity contribution in [3.63, 3.8) is 0 Å². The van der Waals surface area contributed by atoms with Gasteiger partial charge in [0.1, 0.15) is 15.2 Å². The summed E-state index contributed by atoms with van der Waals surface area (Å²) in [6, 6.07) is 39.9. The highest BCUT2D eigenvalue weighted by molar-refractivity contribution is 7.63. The summed E-state index contributed by atoms with van der Waals surface area (Å²) in [5.74, 6) is 0. The van der Waals surface area contributed by atoms with Crippen molar-refractivity contribution >= 4 is 35.9 Å². The lowest BCUT2D eigenvalue weighted by molar-refractivity contribution is 1.26. The lowest BCUT2D eigenvalue weighted by Crippen LogP contribution is -2.92. The van der Waals surface area contributed by atoms with Gasteiger partial charge in [-0.15, -0.1) is 0 Å². The molecule has 4 aromatic carbocycles. The van der Waals surface area contributed by atoms with Gasteiger partial charge in [-0.25, -0.2) is 0 Å². The minimum atomic E-state index is -2.07.